The molecular formula is C16H17ClFN7. The Balaban J connectivity index is 1.51. The van der Waals surface area contributed by atoms with Gasteiger partial charge in [0.15, 0.2) is 5.65 Å². The van der Waals surface area contributed by atoms with Crippen molar-refractivity contribution in [3.63, 3.8) is 0 Å². The molecule has 130 valence electrons. The van der Waals surface area contributed by atoms with Crippen molar-refractivity contribution in [1.29, 1.82) is 0 Å². The number of rotatable bonds is 4. The predicted octanol–water partition coefficient (Wildman–Crippen LogP) is 2.42. The van der Waals surface area contributed by atoms with E-state index in [1.54, 1.807) is 6.07 Å². The van der Waals surface area contributed by atoms with Crippen molar-refractivity contribution in [2.75, 3.05) is 25.5 Å². The van der Waals surface area contributed by atoms with Crippen molar-refractivity contribution >= 4 is 23.1 Å². The van der Waals surface area contributed by atoms with Gasteiger partial charge in [0, 0.05) is 12.6 Å². The highest BCUT2D eigenvalue weighted by Crippen LogP contribution is 2.37. The standard InChI is InChI=1S/C16H17ClFN7/c1-24-7-6-11(16(24)10-2-3-12(17)13(18)8-10)9-19-14-4-5-15-20-22-23-25(15)21-14/h2-5,8,11,16H,6-7,9H2,1H3,(H,19,21). The summed E-state index contributed by atoms with van der Waals surface area (Å²) in [5.41, 5.74) is 1.54. The number of hydrogen-bond donors (Lipinski definition) is 1. The molecule has 1 N–H and O–H groups in total. The molecule has 0 amide bonds. The van der Waals surface area contributed by atoms with Crippen LogP contribution in [0, 0.1) is 11.7 Å². The molecule has 25 heavy (non-hydrogen) atoms. The Morgan fingerprint density at radius 1 is 1.32 bits per heavy atom. The molecule has 3 aromatic rings. The maximum Gasteiger partial charge on any atom is 0.200 e. The van der Waals surface area contributed by atoms with Gasteiger partial charge in [0.25, 0.3) is 0 Å². The van der Waals surface area contributed by atoms with E-state index in [9.17, 15) is 4.39 Å². The molecule has 0 radical (unpaired) electrons. The van der Waals surface area contributed by atoms with E-state index in [1.807, 2.05) is 18.2 Å². The minimum atomic E-state index is -0.378. The van der Waals surface area contributed by atoms with Crippen LogP contribution in [0.25, 0.3) is 5.65 Å². The van der Waals surface area contributed by atoms with Crippen molar-refractivity contribution in [3.8, 4) is 0 Å². The molecule has 2 atom stereocenters. The van der Waals surface area contributed by atoms with Crippen LogP contribution in [0.4, 0.5) is 10.2 Å². The largest absolute Gasteiger partial charge is 0.368 e. The highest BCUT2D eigenvalue weighted by atomic mass is 35.5. The molecule has 4 rings (SSSR count). The second-order valence-electron chi connectivity index (χ2n) is 6.27. The quantitative estimate of drug-likeness (QED) is 0.769. The minimum absolute atomic E-state index is 0.135. The third-order valence-corrected chi connectivity index (χ3v) is 4.98. The second kappa shape index (κ2) is 6.53. The summed E-state index contributed by atoms with van der Waals surface area (Å²) in [6.45, 7) is 1.68. The van der Waals surface area contributed by atoms with Crippen molar-refractivity contribution in [1.82, 2.24) is 30.2 Å². The summed E-state index contributed by atoms with van der Waals surface area (Å²) in [4.78, 5) is 2.24. The fourth-order valence-corrected chi connectivity index (χ4v) is 3.56. The van der Waals surface area contributed by atoms with Gasteiger partial charge in [-0.25, -0.2) is 4.39 Å². The van der Waals surface area contributed by atoms with Gasteiger partial charge in [-0.3, -0.25) is 4.90 Å². The molecule has 1 saturated heterocycles. The Labute approximate surface area is 148 Å². The van der Waals surface area contributed by atoms with Crippen LogP contribution in [-0.4, -0.2) is 50.3 Å². The predicted molar refractivity (Wildman–Crippen MR) is 92.0 cm³/mol. The molecule has 1 fully saturated rings. The Bertz CT molecular complexity index is 899. The number of benzene rings is 1. The fourth-order valence-electron chi connectivity index (χ4n) is 3.44. The van der Waals surface area contributed by atoms with Gasteiger partial charge in [-0.05, 0) is 66.2 Å². The van der Waals surface area contributed by atoms with Crippen molar-refractivity contribution in [3.05, 3.63) is 46.7 Å². The van der Waals surface area contributed by atoms with Gasteiger partial charge in [0.05, 0.1) is 5.02 Å². The molecule has 0 aliphatic carbocycles. The third-order valence-electron chi connectivity index (χ3n) is 4.67. The van der Waals surface area contributed by atoms with Crippen LogP contribution in [-0.2, 0) is 0 Å². The van der Waals surface area contributed by atoms with E-state index in [-0.39, 0.29) is 16.9 Å². The minimum Gasteiger partial charge on any atom is -0.368 e. The summed E-state index contributed by atoms with van der Waals surface area (Å²) >= 11 is 5.81. The van der Waals surface area contributed by atoms with E-state index < -0.39 is 0 Å². The molecule has 1 aliphatic rings. The Hall–Kier alpha value is -2.32. The number of fused-ring (bicyclic) bond motifs is 1. The molecule has 1 aromatic carbocycles. The molecule has 0 saturated carbocycles. The number of tetrazole rings is 1. The topological polar surface area (TPSA) is 71.2 Å². The molecule has 2 unspecified atom stereocenters. The average molecular weight is 362 g/mol. The van der Waals surface area contributed by atoms with Gasteiger partial charge >= 0.3 is 0 Å². The summed E-state index contributed by atoms with van der Waals surface area (Å²) < 4.78 is 15.2. The normalized spacial score (nSPS) is 21.1. The number of likely N-dealkylation sites (tertiary alicyclic amines) is 1. The van der Waals surface area contributed by atoms with Gasteiger partial charge in [-0.1, -0.05) is 17.7 Å². The van der Waals surface area contributed by atoms with E-state index in [4.69, 9.17) is 11.6 Å². The Kier molecular flexibility index (Phi) is 4.22. The number of nitrogens with zero attached hydrogens (tertiary/aromatic N) is 6. The van der Waals surface area contributed by atoms with E-state index in [0.29, 0.717) is 17.4 Å². The number of hydrogen-bond acceptors (Lipinski definition) is 6. The van der Waals surface area contributed by atoms with Crippen LogP contribution in [0.5, 0.6) is 0 Å². The lowest BCUT2D eigenvalue weighted by molar-refractivity contribution is 0.281. The summed E-state index contributed by atoms with van der Waals surface area (Å²) in [5, 5.41) is 19.0. The lowest BCUT2D eigenvalue weighted by atomic mass is 9.93. The van der Waals surface area contributed by atoms with Crippen LogP contribution < -0.4 is 5.32 Å². The molecule has 3 heterocycles. The average Bonchev–Trinajstić information content (AvgIpc) is 3.21. The Morgan fingerprint density at radius 3 is 3.04 bits per heavy atom. The van der Waals surface area contributed by atoms with E-state index >= 15 is 0 Å². The molecule has 0 spiro atoms. The summed E-state index contributed by atoms with van der Waals surface area (Å²) in [6.07, 6.45) is 1.02. The highest BCUT2D eigenvalue weighted by molar-refractivity contribution is 6.30. The van der Waals surface area contributed by atoms with Gasteiger partial charge in [0.1, 0.15) is 11.6 Å². The number of nitrogens with one attached hydrogen (secondary N) is 1. The molecule has 0 bridgehead atoms. The second-order valence-corrected chi connectivity index (χ2v) is 6.68. The third kappa shape index (κ3) is 3.14. The maximum atomic E-state index is 13.9. The van der Waals surface area contributed by atoms with Crippen LogP contribution >= 0.6 is 11.6 Å². The Morgan fingerprint density at radius 2 is 2.20 bits per heavy atom. The fraction of sp³-hybridized carbons (Fsp3) is 0.375. The number of anilines is 1. The van der Waals surface area contributed by atoms with Gasteiger partial charge in [0.2, 0.25) is 0 Å². The smallest absolute Gasteiger partial charge is 0.200 e. The molecule has 2 aromatic heterocycles. The van der Waals surface area contributed by atoms with Crippen LogP contribution in [0.2, 0.25) is 5.02 Å². The van der Waals surface area contributed by atoms with Crippen molar-refractivity contribution in [2.24, 2.45) is 5.92 Å². The van der Waals surface area contributed by atoms with Crippen LogP contribution in [0.1, 0.15) is 18.0 Å². The first-order valence-electron chi connectivity index (χ1n) is 8.06. The zero-order chi connectivity index (χ0) is 17.4. The number of aromatic nitrogens is 5. The zero-order valence-corrected chi connectivity index (χ0v) is 14.4. The summed E-state index contributed by atoms with van der Waals surface area (Å²) in [7, 11) is 2.06. The summed E-state index contributed by atoms with van der Waals surface area (Å²) in [6, 6.07) is 8.85. The van der Waals surface area contributed by atoms with E-state index in [2.05, 4.69) is 37.9 Å². The lowest BCUT2D eigenvalue weighted by Gasteiger charge is -2.26. The highest BCUT2D eigenvalue weighted by Gasteiger charge is 2.33. The molecule has 9 heteroatoms. The first-order valence-corrected chi connectivity index (χ1v) is 8.44. The monoisotopic (exact) mass is 361 g/mol. The SMILES string of the molecule is CN1CCC(CNc2ccc3nnnn3n2)C1c1ccc(Cl)c(F)c1. The van der Waals surface area contributed by atoms with Crippen molar-refractivity contribution < 1.29 is 4.39 Å². The molecular weight excluding hydrogens is 345 g/mol. The van der Waals surface area contributed by atoms with Crippen LogP contribution in [0.15, 0.2) is 30.3 Å². The van der Waals surface area contributed by atoms with Gasteiger partial charge in [-0.15, -0.1) is 14.8 Å². The molecule has 7 nitrogen and oxygen atoms in total. The van der Waals surface area contributed by atoms with E-state index in [1.165, 1.54) is 10.7 Å². The first-order chi connectivity index (χ1) is 12.1. The van der Waals surface area contributed by atoms with E-state index in [0.717, 1.165) is 25.1 Å². The molecule has 1 aliphatic heterocycles. The van der Waals surface area contributed by atoms with Gasteiger partial charge in [-0.2, -0.15) is 0 Å². The number of halogens is 2. The van der Waals surface area contributed by atoms with Gasteiger partial charge < -0.3 is 5.32 Å². The van der Waals surface area contributed by atoms with Crippen molar-refractivity contribution in [2.45, 2.75) is 12.5 Å². The summed E-state index contributed by atoms with van der Waals surface area (Å²) in [5.74, 6) is 0.657. The zero-order valence-electron chi connectivity index (χ0n) is 13.6. The lowest BCUT2D eigenvalue weighted by Crippen LogP contribution is -2.25. The maximum absolute atomic E-state index is 13.9. The first kappa shape index (κ1) is 16.2. The van der Waals surface area contributed by atoms with Crippen LogP contribution in [0.3, 0.4) is 0 Å².